The van der Waals surface area contributed by atoms with Crippen molar-refractivity contribution in [3.63, 3.8) is 0 Å². The van der Waals surface area contributed by atoms with Crippen LogP contribution in [0.25, 0.3) is 11.3 Å². The number of hydrogen-bond acceptors (Lipinski definition) is 6. The number of nitrogens with one attached hydrogen (secondary N) is 2. The van der Waals surface area contributed by atoms with Crippen LogP contribution in [0.2, 0.25) is 5.02 Å². The van der Waals surface area contributed by atoms with E-state index >= 15 is 0 Å². The first-order valence-electron chi connectivity index (χ1n) is 7.94. The van der Waals surface area contributed by atoms with Crippen molar-refractivity contribution in [2.45, 2.75) is 13.0 Å². The van der Waals surface area contributed by atoms with Gasteiger partial charge in [-0.15, -0.1) is 0 Å². The SMILES string of the molecule is C[C@@H](CO)Nc1nc(Nc2c(F)cccc2Cl)cc(-c2ccncc2)n1. The van der Waals surface area contributed by atoms with Gasteiger partial charge in [0.1, 0.15) is 11.6 Å². The molecule has 3 rings (SSSR count). The average Bonchev–Trinajstić information content (AvgIpc) is 2.65. The first-order chi connectivity index (χ1) is 12.6. The third kappa shape index (κ3) is 4.25. The molecule has 0 spiro atoms. The Morgan fingerprint density at radius 3 is 2.65 bits per heavy atom. The molecule has 0 aliphatic heterocycles. The Balaban J connectivity index is 2.02. The summed E-state index contributed by atoms with van der Waals surface area (Å²) in [5.74, 6) is 0.182. The van der Waals surface area contributed by atoms with Gasteiger partial charge in [0.15, 0.2) is 0 Å². The van der Waals surface area contributed by atoms with E-state index < -0.39 is 5.82 Å². The average molecular weight is 374 g/mol. The highest BCUT2D eigenvalue weighted by Gasteiger charge is 2.12. The van der Waals surface area contributed by atoms with Gasteiger partial charge in [0.25, 0.3) is 0 Å². The van der Waals surface area contributed by atoms with Gasteiger partial charge in [0.2, 0.25) is 5.95 Å². The van der Waals surface area contributed by atoms with Gasteiger partial charge in [0.05, 0.1) is 23.0 Å². The molecule has 0 bridgehead atoms. The molecule has 0 aliphatic carbocycles. The summed E-state index contributed by atoms with van der Waals surface area (Å²) in [4.78, 5) is 12.8. The van der Waals surface area contributed by atoms with E-state index in [0.717, 1.165) is 5.56 Å². The molecule has 0 radical (unpaired) electrons. The molecule has 8 heteroatoms. The van der Waals surface area contributed by atoms with Gasteiger partial charge in [-0.3, -0.25) is 4.98 Å². The van der Waals surface area contributed by atoms with Gasteiger partial charge < -0.3 is 15.7 Å². The van der Waals surface area contributed by atoms with Crippen LogP contribution in [0.4, 0.5) is 21.8 Å². The molecule has 6 nitrogen and oxygen atoms in total. The van der Waals surface area contributed by atoms with Crippen LogP contribution in [0.5, 0.6) is 0 Å². The summed E-state index contributed by atoms with van der Waals surface area (Å²) in [5.41, 5.74) is 1.57. The smallest absolute Gasteiger partial charge is 0.225 e. The molecule has 3 N–H and O–H groups in total. The van der Waals surface area contributed by atoms with Crippen LogP contribution < -0.4 is 10.6 Å². The molecule has 3 aromatic rings. The van der Waals surface area contributed by atoms with E-state index in [2.05, 4.69) is 25.6 Å². The molecule has 0 unspecified atom stereocenters. The fourth-order valence-electron chi connectivity index (χ4n) is 2.26. The highest BCUT2D eigenvalue weighted by Crippen LogP contribution is 2.29. The lowest BCUT2D eigenvalue weighted by Gasteiger charge is -2.15. The molecular weight excluding hydrogens is 357 g/mol. The largest absolute Gasteiger partial charge is 0.394 e. The zero-order valence-electron chi connectivity index (χ0n) is 13.9. The van der Waals surface area contributed by atoms with Gasteiger partial charge in [-0.2, -0.15) is 4.98 Å². The standard InChI is InChI=1S/C18H17ClFN5O/c1-11(10-26)22-18-23-15(12-5-7-21-8-6-12)9-16(25-18)24-17-13(19)3-2-4-14(17)20/h2-9,11,26H,10H2,1H3,(H2,22,23,24,25)/t11-/m0/s1. The molecular formula is C18H17ClFN5O. The van der Waals surface area contributed by atoms with E-state index in [1.54, 1.807) is 43.6 Å². The van der Waals surface area contributed by atoms with Crippen LogP contribution in [-0.4, -0.2) is 32.7 Å². The number of anilines is 3. The van der Waals surface area contributed by atoms with Crippen LogP contribution in [-0.2, 0) is 0 Å². The summed E-state index contributed by atoms with van der Waals surface area (Å²) in [6.07, 6.45) is 3.31. The molecule has 1 aromatic carbocycles. The van der Waals surface area contributed by atoms with Crippen molar-refractivity contribution in [2.24, 2.45) is 0 Å². The molecule has 1 atom stereocenters. The molecule has 0 saturated carbocycles. The van der Waals surface area contributed by atoms with Crippen molar-refractivity contribution in [1.82, 2.24) is 15.0 Å². The van der Waals surface area contributed by atoms with Crippen LogP contribution in [0, 0.1) is 5.82 Å². The first kappa shape index (κ1) is 18.0. The lowest BCUT2D eigenvalue weighted by molar-refractivity contribution is 0.281. The predicted molar refractivity (Wildman–Crippen MR) is 100 cm³/mol. The molecule has 134 valence electrons. The lowest BCUT2D eigenvalue weighted by atomic mass is 10.2. The summed E-state index contributed by atoms with van der Waals surface area (Å²) in [6, 6.07) is 9.49. The molecule has 0 aliphatic rings. The summed E-state index contributed by atoms with van der Waals surface area (Å²) in [5, 5.41) is 15.4. The third-order valence-electron chi connectivity index (χ3n) is 3.57. The van der Waals surface area contributed by atoms with Gasteiger partial charge in [0, 0.05) is 30.1 Å². The third-order valence-corrected chi connectivity index (χ3v) is 3.88. The van der Waals surface area contributed by atoms with Crippen molar-refractivity contribution in [3.05, 3.63) is 59.6 Å². The fraction of sp³-hybridized carbons (Fsp3) is 0.167. The minimum Gasteiger partial charge on any atom is -0.394 e. The normalized spacial score (nSPS) is 11.8. The Morgan fingerprint density at radius 2 is 1.96 bits per heavy atom. The number of rotatable bonds is 6. The maximum absolute atomic E-state index is 14.1. The second kappa shape index (κ2) is 8.07. The highest BCUT2D eigenvalue weighted by atomic mass is 35.5. The monoisotopic (exact) mass is 373 g/mol. The second-order valence-corrected chi connectivity index (χ2v) is 6.05. The maximum Gasteiger partial charge on any atom is 0.225 e. The summed E-state index contributed by atoms with van der Waals surface area (Å²) < 4.78 is 14.1. The molecule has 2 heterocycles. The summed E-state index contributed by atoms with van der Waals surface area (Å²) in [7, 11) is 0. The van der Waals surface area contributed by atoms with E-state index in [4.69, 9.17) is 11.6 Å². The predicted octanol–water partition coefficient (Wildman–Crippen LogP) is 3.87. The quantitative estimate of drug-likeness (QED) is 0.608. The van der Waals surface area contributed by atoms with Crippen molar-refractivity contribution >= 4 is 29.1 Å². The van der Waals surface area contributed by atoms with E-state index in [1.807, 2.05) is 0 Å². The van der Waals surface area contributed by atoms with Gasteiger partial charge in [-0.25, -0.2) is 9.37 Å². The number of nitrogens with zero attached hydrogens (tertiary/aromatic N) is 3. The minimum atomic E-state index is -0.486. The number of aromatic nitrogens is 3. The van der Waals surface area contributed by atoms with Crippen molar-refractivity contribution < 1.29 is 9.50 Å². The highest BCUT2D eigenvalue weighted by molar-refractivity contribution is 6.33. The number of aliphatic hydroxyl groups excluding tert-OH is 1. The van der Waals surface area contributed by atoms with E-state index in [1.165, 1.54) is 12.1 Å². The Bertz CT molecular complexity index is 874. The zero-order valence-corrected chi connectivity index (χ0v) is 14.7. The Morgan fingerprint density at radius 1 is 1.19 bits per heavy atom. The number of para-hydroxylation sites is 1. The number of pyridine rings is 1. The molecule has 0 fully saturated rings. The minimum absolute atomic E-state index is 0.0786. The van der Waals surface area contributed by atoms with Crippen LogP contribution in [0.15, 0.2) is 48.8 Å². The van der Waals surface area contributed by atoms with Crippen LogP contribution in [0.1, 0.15) is 6.92 Å². The van der Waals surface area contributed by atoms with Gasteiger partial charge in [-0.05, 0) is 31.2 Å². The van der Waals surface area contributed by atoms with E-state index in [-0.39, 0.29) is 23.4 Å². The molecule has 26 heavy (non-hydrogen) atoms. The topological polar surface area (TPSA) is 83.0 Å². The van der Waals surface area contributed by atoms with Crippen molar-refractivity contribution in [2.75, 3.05) is 17.2 Å². The summed E-state index contributed by atoms with van der Waals surface area (Å²) in [6.45, 7) is 1.72. The molecule has 2 aromatic heterocycles. The fourth-order valence-corrected chi connectivity index (χ4v) is 2.47. The molecule has 0 saturated heterocycles. The number of benzene rings is 1. The first-order valence-corrected chi connectivity index (χ1v) is 8.32. The van der Waals surface area contributed by atoms with Gasteiger partial charge >= 0.3 is 0 Å². The van der Waals surface area contributed by atoms with Crippen molar-refractivity contribution in [1.29, 1.82) is 0 Å². The lowest BCUT2D eigenvalue weighted by Crippen LogP contribution is -2.21. The Hall–Kier alpha value is -2.77. The Labute approximate surface area is 155 Å². The second-order valence-electron chi connectivity index (χ2n) is 5.65. The molecule has 0 amide bonds. The number of hydrogen-bond donors (Lipinski definition) is 3. The maximum atomic E-state index is 14.1. The Kier molecular flexibility index (Phi) is 5.60. The zero-order chi connectivity index (χ0) is 18.5. The number of halogens is 2. The van der Waals surface area contributed by atoms with Gasteiger partial charge in [-0.1, -0.05) is 17.7 Å². The van der Waals surface area contributed by atoms with Crippen molar-refractivity contribution in [3.8, 4) is 11.3 Å². The van der Waals surface area contributed by atoms with E-state index in [9.17, 15) is 9.50 Å². The number of aliphatic hydroxyl groups is 1. The van der Waals surface area contributed by atoms with Crippen LogP contribution in [0.3, 0.4) is 0 Å². The van der Waals surface area contributed by atoms with Crippen LogP contribution >= 0.6 is 11.6 Å². The summed E-state index contributed by atoms with van der Waals surface area (Å²) >= 11 is 6.08. The van der Waals surface area contributed by atoms with E-state index in [0.29, 0.717) is 17.5 Å².